The van der Waals surface area contributed by atoms with Crippen molar-refractivity contribution in [2.45, 2.75) is 6.18 Å². The fourth-order valence-corrected chi connectivity index (χ4v) is 2.83. The van der Waals surface area contributed by atoms with Crippen LogP contribution in [0.2, 0.25) is 0 Å². The maximum atomic E-state index is 12.5. The van der Waals surface area contributed by atoms with E-state index in [0.29, 0.717) is 17.2 Å². The van der Waals surface area contributed by atoms with Crippen LogP contribution in [0.5, 0.6) is 11.6 Å². The minimum Gasteiger partial charge on any atom is -0.439 e. The third-order valence-electron chi connectivity index (χ3n) is 4.00. The monoisotopic (exact) mass is 517 g/mol. The topological polar surface area (TPSA) is 80.3 Å². The number of benzene rings is 2. The summed E-state index contributed by atoms with van der Waals surface area (Å²) in [7, 11) is 0. The zero-order valence-corrected chi connectivity index (χ0v) is 18.3. The van der Waals surface area contributed by atoms with Gasteiger partial charge in [-0.25, -0.2) is 4.98 Å². The lowest BCUT2D eigenvalue weighted by Crippen LogP contribution is -2.35. The molecule has 0 saturated carbocycles. The van der Waals surface area contributed by atoms with Gasteiger partial charge in [0.1, 0.15) is 5.75 Å². The van der Waals surface area contributed by atoms with Crippen LogP contribution in [0.4, 0.5) is 18.9 Å². The molecule has 2 aromatic carbocycles. The van der Waals surface area contributed by atoms with Gasteiger partial charge in [0.05, 0.1) is 24.0 Å². The number of amides is 2. The maximum absolute atomic E-state index is 12.5. The van der Waals surface area contributed by atoms with Crippen LogP contribution >= 0.6 is 15.9 Å². The van der Waals surface area contributed by atoms with Gasteiger partial charge in [0, 0.05) is 16.1 Å². The molecular formula is C23H15BrF3N3O3. The molecule has 2 N–H and O–H groups in total. The average molecular weight is 518 g/mol. The predicted octanol–water partition coefficient (Wildman–Crippen LogP) is 4.76. The SMILES string of the molecule is O=C(NCC#Cc1ccc(C(F)(F)F)cc1)C(=O)Nc1ccc(Oc2cccc(Br)c2)nc1. The third kappa shape index (κ3) is 7.36. The van der Waals surface area contributed by atoms with E-state index in [1.54, 1.807) is 18.2 Å². The van der Waals surface area contributed by atoms with Gasteiger partial charge in [-0.2, -0.15) is 13.2 Å². The van der Waals surface area contributed by atoms with Gasteiger partial charge in [-0.3, -0.25) is 9.59 Å². The van der Waals surface area contributed by atoms with Crippen LogP contribution in [0.1, 0.15) is 11.1 Å². The summed E-state index contributed by atoms with van der Waals surface area (Å²) in [4.78, 5) is 27.9. The zero-order valence-electron chi connectivity index (χ0n) is 16.7. The van der Waals surface area contributed by atoms with E-state index >= 15 is 0 Å². The molecule has 0 spiro atoms. The van der Waals surface area contributed by atoms with Crippen LogP contribution in [0.15, 0.2) is 71.3 Å². The molecule has 1 heterocycles. The predicted molar refractivity (Wildman–Crippen MR) is 118 cm³/mol. The van der Waals surface area contributed by atoms with Crippen molar-refractivity contribution in [3.05, 3.63) is 82.5 Å². The number of halogens is 4. The summed E-state index contributed by atoms with van der Waals surface area (Å²) in [6.07, 6.45) is -3.08. The Balaban J connectivity index is 1.47. The van der Waals surface area contributed by atoms with Crippen molar-refractivity contribution >= 4 is 33.4 Å². The number of ether oxygens (including phenoxy) is 1. The standard InChI is InChI=1S/C23H15BrF3N3O3/c24-17-4-1-5-19(13-17)33-20-11-10-18(14-29-20)30-22(32)21(31)28-12-2-3-15-6-8-16(9-7-15)23(25,26)27/h1,4-11,13-14H,12H2,(H,28,31)(H,30,32). The molecule has 6 nitrogen and oxygen atoms in total. The molecule has 3 aromatic rings. The Kier molecular flexibility index (Phi) is 7.69. The largest absolute Gasteiger partial charge is 0.439 e. The number of alkyl halides is 3. The van der Waals surface area contributed by atoms with Crippen molar-refractivity contribution in [1.82, 2.24) is 10.3 Å². The molecule has 3 rings (SSSR count). The first-order valence-electron chi connectivity index (χ1n) is 9.35. The van der Waals surface area contributed by atoms with Gasteiger partial charge in [0.2, 0.25) is 5.88 Å². The Morgan fingerprint density at radius 3 is 2.42 bits per heavy atom. The number of nitrogens with one attached hydrogen (secondary N) is 2. The summed E-state index contributed by atoms with van der Waals surface area (Å²) in [5.74, 6) is 4.20. The van der Waals surface area contributed by atoms with Crippen LogP contribution in [-0.4, -0.2) is 23.3 Å². The molecule has 0 radical (unpaired) electrons. The fourth-order valence-electron chi connectivity index (χ4n) is 2.45. The molecule has 0 aliphatic heterocycles. The lowest BCUT2D eigenvalue weighted by Gasteiger charge is -2.07. The lowest BCUT2D eigenvalue weighted by atomic mass is 10.1. The van der Waals surface area contributed by atoms with E-state index in [1.807, 2.05) is 6.07 Å². The van der Waals surface area contributed by atoms with Gasteiger partial charge < -0.3 is 15.4 Å². The molecule has 168 valence electrons. The van der Waals surface area contributed by atoms with Crippen molar-refractivity contribution in [3.8, 4) is 23.5 Å². The Hall–Kier alpha value is -3.84. The van der Waals surface area contributed by atoms with E-state index in [-0.39, 0.29) is 12.2 Å². The number of carbonyl (C=O) groups excluding carboxylic acids is 2. The van der Waals surface area contributed by atoms with E-state index in [9.17, 15) is 22.8 Å². The highest BCUT2D eigenvalue weighted by molar-refractivity contribution is 9.10. The molecule has 0 unspecified atom stereocenters. The van der Waals surface area contributed by atoms with Crippen molar-refractivity contribution in [2.24, 2.45) is 0 Å². The highest BCUT2D eigenvalue weighted by Gasteiger charge is 2.29. The number of anilines is 1. The molecule has 0 aliphatic rings. The van der Waals surface area contributed by atoms with Gasteiger partial charge in [-0.05, 0) is 48.5 Å². The van der Waals surface area contributed by atoms with E-state index in [1.165, 1.54) is 30.5 Å². The second-order valence-electron chi connectivity index (χ2n) is 6.46. The first-order valence-corrected chi connectivity index (χ1v) is 10.1. The van der Waals surface area contributed by atoms with Crippen LogP contribution < -0.4 is 15.4 Å². The van der Waals surface area contributed by atoms with E-state index in [2.05, 4.69) is 43.4 Å². The second kappa shape index (κ2) is 10.7. The minimum atomic E-state index is -4.42. The number of rotatable bonds is 4. The van der Waals surface area contributed by atoms with Crippen LogP contribution in [0.25, 0.3) is 0 Å². The van der Waals surface area contributed by atoms with Crippen molar-refractivity contribution in [2.75, 3.05) is 11.9 Å². The Morgan fingerprint density at radius 2 is 1.79 bits per heavy atom. The lowest BCUT2D eigenvalue weighted by molar-refractivity contribution is -0.137. The quantitative estimate of drug-likeness (QED) is 0.386. The molecule has 0 bridgehead atoms. The number of nitrogens with zero attached hydrogens (tertiary/aromatic N) is 1. The first kappa shape index (κ1) is 23.8. The average Bonchev–Trinajstić information content (AvgIpc) is 2.77. The highest BCUT2D eigenvalue weighted by atomic mass is 79.9. The summed E-state index contributed by atoms with van der Waals surface area (Å²) < 4.78 is 44.0. The Morgan fingerprint density at radius 1 is 1.03 bits per heavy atom. The number of aromatic nitrogens is 1. The fraction of sp³-hybridized carbons (Fsp3) is 0.0870. The first-order chi connectivity index (χ1) is 15.7. The van der Waals surface area contributed by atoms with E-state index in [4.69, 9.17) is 4.74 Å². The van der Waals surface area contributed by atoms with Crippen molar-refractivity contribution in [1.29, 1.82) is 0 Å². The number of pyridine rings is 1. The number of carbonyl (C=O) groups is 2. The molecule has 0 saturated heterocycles. The molecule has 0 atom stereocenters. The van der Waals surface area contributed by atoms with Gasteiger partial charge in [0.25, 0.3) is 0 Å². The normalized spacial score (nSPS) is 10.5. The van der Waals surface area contributed by atoms with Crippen molar-refractivity contribution < 1.29 is 27.5 Å². The number of hydrogen-bond donors (Lipinski definition) is 2. The molecule has 0 aliphatic carbocycles. The van der Waals surface area contributed by atoms with Gasteiger partial charge >= 0.3 is 18.0 Å². The molecule has 2 amide bonds. The third-order valence-corrected chi connectivity index (χ3v) is 4.49. The minimum absolute atomic E-state index is 0.162. The van der Waals surface area contributed by atoms with E-state index in [0.717, 1.165) is 16.6 Å². The molecular weight excluding hydrogens is 503 g/mol. The molecule has 0 fully saturated rings. The van der Waals surface area contributed by atoms with Gasteiger partial charge in [-0.1, -0.05) is 33.8 Å². The molecule has 33 heavy (non-hydrogen) atoms. The summed E-state index contributed by atoms with van der Waals surface area (Å²) in [6, 6.07) is 14.5. The zero-order chi connectivity index (χ0) is 23.8. The van der Waals surface area contributed by atoms with E-state index < -0.39 is 23.6 Å². The number of hydrogen-bond acceptors (Lipinski definition) is 4. The molecule has 1 aromatic heterocycles. The maximum Gasteiger partial charge on any atom is 0.416 e. The van der Waals surface area contributed by atoms with Crippen molar-refractivity contribution in [3.63, 3.8) is 0 Å². The second-order valence-corrected chi connectivity index (χ2v) is 7.37. The summed E-state index contributed by atoms with van der Waals surface area (Å²) in [5, 5.41) is 4.69. The highest BCUT2D eigenvalue weighted by Crippen LogP contribution is 2.29. The summed E-state index contributed by atoms with van der Waals surface area (Å²) >= 11 is 3.34. The van der Waals surface area contributed by atoms with Crippen LogP contribution in [0, 0.1) is 11.8 Å². The summed E-state index contributed by atoms with van der Waals surface area (Å²) in [6.45, 7) is -0.162. The van der Waals surface area contributed by atoms with Crippen LogP contribution in [0.3, 0.4) is 0 Å². The van der Waals surface area contributed by atoms with Crippen LogP contribution in [-0.2, 0) is 15.8 Å². The summed E-state index contributed by atoms with van der Waals surface area (Å²) in [5.41, 5.74) is -0.147. The Bertz CT molecular complexity index is 1200. The smallest absolute Gasteiger partial charge is 0.416 e. The molecule has 10 heteroatoms. The Labute approximate surface area is 195 Å². The van der Waals surface area contributed by atoms with Gasteiger partial charge in [-0.15, -0.1) is 0 Å². The van der Waals surface area contributed by atoms with Gasteiger partial charge in [0.15, 0.2) is 0 Å².